The zero-order valence-corrected chi connectivity index (χ0v) is 9.66. The molecule has 0 aliphatic heterocycles. The number of pyridine rings is 1. The van der Waals surface area contributed by atoms with Crippen LogP contribution in [0, 0.1) is 0 Å². The van der Waals surface area contributed by atoms with Crippen molar-refractivity contribution < 1.29 is 0 Å². The van der Waals surface area contributed by atoms with Crippen molar-refractivity contribution in [3.63, 3.8) is 0 Å². The molecule has 7 heteroatoms. The molecule has 92 valence electrons. The summed E-state index contributed by atoms with van der Waals surface area (Å²) in [5.41, 5.74) is 3.81. The fourth-order valence-corrected chi connectivity index (χ4v) is 2.21. The summed E-state index contributed by atoms with van der Waals surface area (Å²) in [6.07, 6.45) is 6.72. The SMILES string of the molecule is O=c1cc(-c2c[nH]c3ncc4nncn4c23)cc[nH]1. The first kappa shape index (κ1) is 10.0. The van der Waals surface area contributed by atoms with Gasteiger partial charge in [0, 0.05) is 24.0 Å². The van der Waals surface area contributed by atoms with E-state index < -0.39 is 0 Å². The molecule has 0 aromatic carbocycles. The number of aromatic nitrogens is 6. The molecule has 19 heavy (non-hydrogen) atoms. The summed E-state index contributed by atoms with van der Waals surface area (Å²) < 4.78 is 1.84. The highest BCUT2D eigenvalue weighted by atomic mass is 16.1. The number of hydrogen-bond acceptors (Lipinski definition) is 4. The van der Waals surface area contributed by atoms with Gasteiger partial charge in [-0.1, -0.05) is 0 Å². The monoisotopic (exact) mass is 252 g/mol. The smallest absolute Gasteiger partial charge is 0.248 e. The molecule has 4 heterocycles. The Balaban J connectivity index is 2.15. The van der Waals surface area contributed by atoms with E-state index in [1.807, 2.05) is 16.7 Å². The summed E-state index contributed by atoms with van der Waals surface area (Å²) in [7, 11) is 0. The van der Waals surface area contributed by atoms with Crippen LogP contribution in [0.4, 0.5) is 0 Å². The second-order valence-corrected chi connectivity index (χ2v) is 4.16. The van der Waals surface area contributed by atoms with Crippen molar-refractivity contribution in [3.8, 4) is 11.1 Å². The lowest BCUT2D eigenvalue weighted by Gasteiger charge is -2.00. The first-order valence-corrected chi connectivity index (χ1v) is 5.68. The second kappa shape index (κ2) is 3.52. The maximum absolute atomic E-state index is 11.4. The van der Waals surface area contributed by atoms with Crippen LogP contribution in [-0.2, 0) is 0 Å². The molecule has 0 amide bonds. The van der Waals surface area contributed by atoms with Crippen LogP contribution in [0.15, 0.2) is 41.8 Å². The van der Waals surface area contributed by atoms with Crippen LogP contribution in [0.1, 0.15) is 0 Å². The molecule has 0 unspecified atom stereocenters. The number of aromatic amines is 2. The van der Waals surface area contributed by atoms with E-state index in [1.54, 1.807) is 24.8 Å². The topological polar surface area (TPSA) is 91.7 Å². The average Bonchev–Trinajstić information content (AvgIpc) is 3.04. The Labute approximate surface area is 106 Å². The summed E-state index contributed by atoms with van der Waals surface area (Å²) in [6, 6.07) is 3.39. The van der Waals surface area contributed by atoms with Crippen molar-refractivity contribution in [1.29, 1.82) is 0 Å². The van der Waals surface area contributed by atoms with Crippen molar-refractivity contribution in [2.75, 3.05) is 0 Å². The van der Waals surface area contributed by atoms with Gasteiger partial charge in [-0.2, -0.15) is 0 Å². The third kappa shape index (κ3) is 1.38. The van der Waals surface area contributed by atoms with Gasteiger partial charge in [0.25, 0.3) is 0 Å². The van der Waals surface area contributed by atoms with Gasteiger partial charge in [-0.15, -0.1) is 10.2 Å². The van der Waals surface area contributed by atoms with Gasteiger partial charge in [-0.05, 0) is 11.6 Å². The van der Waals surface area contributed by atoms with Crippen LogP contribution in [0.25, 0.3) is 27.9 Å². The van der Waals surface area contributed by atoms with Crippen LogP contribution < -0.4 is 5.56 Å². The summed E-state index contributed by atoms with van der Waals surface area (Å²) in [5, 5.41) is 7.84. The van der Waals surface area contributed by atoms with E-state index in [9.17, 15) is 4.79 Å². The second-order valence-electron chi connectivity index (χ2n) is 4.16. The zero-order valence-electron chi connectivity index (χ0n) is 9.66. The maximum Gasteiger partial charge on any atom is 0.248 e. The minimum atomic E-state index is -0.143. The highest BCUT2D eigenvalue weighted by Crippen LogP contribution is 2.26. The number of rotatable bonds is 1. The van der Waals surface area contributed by atoms with E-state index in [1.165, 1.54) is 0 Å². The molecule has 0 spiro atoms. The molecule has 0 aliphatic carbocycles. The van der Waals surface area contributed by atoms with Crippen LogP contribution in [0.3, 0.4) is 0 Å². The van der Waals surface area contributed by atoms with E-state index in [0.29, 0.717) is 5.65 Å². The Bertz CT molecular complexity index is 947. The van der Waals surface area contributed by atoms with Crippen molar-refractivity contribution in [1.82, 2.24) is 29.5 Å². The quantitative estimate of drug-likeness (QED) is 0.527. The molecular weight excluding hydrogens is 244 g/mol. The standard InChI is InChI=1S/C12H8N6O/c19-10-3-7(1-2-13-10)8-4-14-12-11(8)18-6-16-17-9(18)5-15-12/h1-6,14H,(H,13,19). The Hall–Kier alpha value is -2.96. The Morgan fingerprint density at radius 3 is 3.11 bits per heavy atom. The molecule has 2 N–H and O–H groups in total. The van der Waals surface area contributed by atoms with Gasteiger partial charge in [-0.3, -0.25) is 9.20 Å². The number of fused-ring (bicyclic) bond motifs is 3. The summed E-state index contributed by atoms with van der Waals surface area (Å²) in [6.45, 7) is 0. The Morgan fingerprint density at radius 1 is 1.26 bits per heavy atom. The Morgan fingerprint density at radius 2 is 2.21 bits per heavy atom. The molecule has 0 radical (unpaired) electrons. The maximum atomic E-state index is 11.4. The Kier molecular flexibility index (Phi) is 1.85. The van der Waals surface area contributed by atoms with E-state index in [0.717, 1.165) is 22.3 Å². The number of nitrogens with one attached hydrogen (secondary N) is 2. The number of H-pyrrole nitrogens is 2. The molecule has 4 rings (SSSR count). The summed E-state index contributed by atoms with van der Waals surface area (Å²) in [4.78, 5) is 21.4. The molecule has 0 atom stereocenters. The molecule has 0 saturated heterocycles. The average molecular weight is 252 g/mol. The van der Waals surface area contributed by atoms with Crippen LogP contribution in [0.2, 0.25) is 0 Å². The number of hydrogen-bond donors (Lipinski definition) is 2. The first-order valence-electron chi connectivity index (χ1n) is 5.68. The molecule has 0 saturated carbocycles. The molecule has 0 fully saturated rings. The third-order valence-electron chi connectivity index (χ3n) is 3.04. The van der Waals surface area contributed by atoms with Gasteiger partial charge in [0.2, 0.25) is 5.56 Å². The third-order valence-corrected chi connectivity index (χ3v) is 3.04. The fourth-order valence-electron chi connectivity index (χ4n) is 2.21. The van der Waals surface area contributed by atoms with Crippen LogP contribution in [-0.4, -0.2) is 29.5 Å². The van der Waals surface area contributed by atoms with E-state index in [-0.39, 0.29) is 5.56 Å². The minimum Gasteiger partial charge on any atom is -0.344 e. The highest BCUT2D eigenvalue weighted by molar-refractivity contribution is 5.91. The number of nitrogens with zero attached hydrogens (tertiary/aromatic N) is 4. The molecule has 7 nitrogen and oxygen atoms in total. The zero-order chi connectivity index (χ0) is 12.8. The highest BCUT2D eigenvalue weighted by Gasteiger charge is 2.11. The summed E-state index contributed by atoms with van der Waals surface area (Å²) >= 11 is 0. The minimum absolute atomic E-state index is 0.143. The largest absolute Gasteiger partial charge is 0.344 e. The molecule has 0 bridgehead atoms. The van der Waals surface area contributed by atoms with Crippen molar-refractivity contribution in [2.45, 2.75) is 0 Å². The normalized spacial score (nSPS) is 11.4. The van der Waals surface area contributed by atoms with Gasteiger partial charge in [-0.25, -0.2) is 4.98 Å². The van der Waals surface area contributed by atoms with Crippen molar-refractivity contribution in [2.24, 2.45) is 0 Å². The molecule has 4 aromatic rings. The fraction of sp³-hybridized carbons (Fsp3) is 0. The van der Waals surface area contributed by atoms with Gasteiger partial charge in [0.1, 0.15) is 11.8 Å². The predicted octanol–water partition coefficient (Wildman–Crippen LogP) is 0.961. The van der Waals surface area contributed by atoms with Crippen LogP contribution in [0.5, 0.6) is 0 Å². The lowest BCUT2D eigenvalue weighted by molar-refractivity contribution is 1.11. The first-order chi connectivity index (χ1) is 9.33. The van der Waals surface area contributed by atoms with E-state index >= 15 is 0 Å². The van der Waals surface area contributed by atoms with Crippen molar-refractivity contribution >= 4 is 16.8 Å². The van der Waals surface area contributed by atoms with Gasteiger partial charge < -0.3 is 9.97 Å². The van der Waals surface area contributed by atoms with Gasteiger partial charge in [0.15, 0.2) is 11.3 Å². The molecule has 0 aliphatic rings. The van der Waals surface area contributed by atoms with E-state index in [2.05, 4.69) is 25.1 Å². The lowest BCUT2D eigenvalue weighted by Crippen LogP contribution is -2.02. The van der Waals surface area contributed by atoms with Gasteiger partial charge in [0.05, 0.1) is 6.20 Å². The van der Waals surface area contributed by atoms with E-state index in [4.69, 9.17) is 0 Å². The van der Waals surface area contributed by atoms with Gasteiger partial charge >= 0.3 is 0 Å². The lowest BCUT2D eigenvalue weighted by atomic mass is 10.1. The van der Waals surface area contributed by atoms with Crippen LogP contribution >= 0.6 is 0 Å². The molecular formula is C12H8N6O. The predicted molar refractivity (Wildman–Crippen MR) is 68.7 cm³/mol. The summed E-state index contributed by atoms with van der Waals surface area (Å²) in [5.74, 6) is 0. The molecule has 4 aromatic heterocycles. The van der Waals surface area contributed by atoms with Crippen molar-refractivity contribution in [3.05, 3.63) is 47.4 Å².